The van der Waals surface area contributed by atoms with E-state index in [2.05, 4.69) is 15.6 Å². The van der Waals surface area contributed by atoms with Crippen molar-refractivity contribution in [2.75, 3.05) is 5.32 Å². The summed E-state index contributed by atoms with van der Waals surface area (Å²) in [5.74, 6) is -0.166. The Morgan fingerprint density at radius 1 is 1.04 bits per heavy atom. The maximum atomic E-state index is 12.6. The molecule has 1 aromatic heterocycles. The number of hydrogen-bond donors (Lipinski definition) is 2. The Hall–Kier alpha value is -2.93. The van der Waals surface area contributed by atoms with E-state index in [1.165, 1.54) is 11.3 Å². The van der Waals surface area contributed by atoms with E-state index in [-0.39, 0.29) is 18.1 Å². The normalized spacial score (nSPS) is 19.1. The molecule has 2 aromatic carbocycles. The quantitative estimate of drug-likeness (QED) is 0.677. The predicted molar refractivity (Wildman–Crippen MR) is 110 cm³/mol. The first-order valence-corrected chi connectivity index (χ1v) is 10.2. The molecule has 0 aliphatic heterocycles. The fourth-order valence-corrected chi connectivity index (χ4v) is 4.29. The Labute approximate surface area is 166 Å². The van der Waals surface area contributed by atoms with Gasteiger partial charge in [0.2, 0.25) is 0 Å². The summed E-state index contributed by atoms with van der Waals surface area (Å²) in [6.45, 7) is 0. The van der Waals surface area contributed by atoms with Gasteiger partial charge in [0.1, 0.15) is 6.10 Å². The zero-order valence-electron chi connectivity index (χ0n) is 15.3. The van der Waals surface area contributed by atoms with Gasteiger partial charge in [-0.1, -0.05) is 30.3 Å². The van der Waals surface area contributed by atoms with E-state index in [1.807, 2.05) is 54.6 Å². The Bertz CT molecular complexity index is 940. The highest BCUT2D eigenvalue weighted by atomic mass is 32.1. The van der Waals surface area contributed by atoms with Crippen LogP contribution in [0.3, 0.4) is 0 Å². The highest BCUT2D eigenvalue weighted by Gasteiger charge is 2.27. The summed E-state index contributed by atoms with van der Waals surface area (Å²) in [5.41, 5.74) is 1.53. The van der Waals surface area contributed by atoms with Gasteiger partial charge in [0.25, 0.3) is 5.91 Å². The number of carbonyl (C=O) groups is 2. The van der Waals surface area contributed by atoms with Crippen molar-refractivity contribution < 1.29 is 14.3 Å². The molecule has 1 saturated carbocycles. The van der Waals surface area contributed by atoms with Gasteiger partial charge in [-0.2, -0.15) is 0 Å². The smallest absolute Gasteiger partial charge is 0.411 e. The molecule has 0 radical (unpaired) electrons. The van der Waals surface area contributed by atoms with Crippen molar-refractivity contribution in [1.29, 1.82) is 0 Å². The molecule has 1 aliphatic carbocycles. The van der Waals surface area contributed by atoms with Crippen LogP contribution in [-0.2, 0) is 4.74 Å². The first-order valence-electron chi connectivity index (χ1n) is 9.36. The number of ether oxygens (including phenoxy) is 1. The topological polar surface area (TPSA) is 80.3 Å². The molecular formula is C21H21N3O3S. The number of amides is 2. The molecule has 0 spiro atoms. The SMILES string of the molecule is O=C(Nc1ccccc1)OC1CCCC(NC(=O)c2nc3ccccc3s2)C1. The van der Waals surface area contributed by atoms with Crippen molar-refractivity contribution in [2.24, 2.45) is 0 Å². The number of nitrogens with zero attached hydrogens (tertiary/aromatic N) is 1. The maximum Gasteiger partial charge on any atom is 0.411 e. The van der Waals surface area contributed by atoms with Gasteiger partial charge < -0.3 is 10.1 Å². The molecular weight excluding hydrogens is 374 g/mol. The van der Waals surface area contributed by atoms with Crippen molar-refractivity contribution >= 4 is 39.2 Å². The number of carbonyl (C=O) groups excluding carboxylic acids is 2. The van der Waals surface area contributed by atoms with Gasteiger partial charge in [-0.15, -0.1) is 11.3 Å². The molecule has 1 heterocycles. The Balaban J connectivity index is 1.32. The third-order valence-electron chi connectivity index (χ3n) is 4.74. The van der Waals surface area contributed by atoms with Gasteiger partial charge in [-0.25, -0.2) is 9.78 Å². The molecule has 144 valence electrons. The van der Waals surface area contributed by atoms with E-state index in [0.29, 0.717) is 17.1 Å². The van der Waals surface area contributed by atoms with Crippen LogP contribution >= 0.6 is 11.3 Å². The lowest BCUT2D eigenvalue weighted by Gasteiger charge is -2.29. The Morgan fingerprint density at radius 2 is 1.82 bits per heavy atom. The molecule has 3 aromatic rings. The average Bonchev–Trinajstić information content (AvgIpc) is 3.13. The molecule has 1 fully saturated rings. The van der Waals surface area contributed by atoms with Crippen LogP contribution in [0.4, 0.5) is 10.5 Å². The number of thiazole rings is 1. The molecule has 2 N–H and O–H groups in total. The summed E-state index contributed by atoms with van der Waals surface area (Å²) < 4.78 is 6.54. The van der Waals surface area contributed by atoms with Crippen LogP contribution < -0.4 is 10.6 Å². The summed E-state index contributed by atoms with van der Waals surface area (Å²) in [6, 6.07) is 16.9. The second-order valence-electron chi connectivity index (χ2n) is 6.84. The van der Waals surface area contributed by atoms with Crippen LogP contribution in [0.1, 0.15) is 35.5 Å². The molecule has 2 unspecified atom stereocenters. The molecule has 7 heteroatoms. The first kappa shape index (κ1) is 18.4. The van der Waals surface area contributed by atoms with Crippen LogP contribution in [0.5, 0.6) is 0 Å². The van der Waals surface area contributed by atoms with Gasteiger partial charge in [-0.05, 0) is 43.5 Å². The van der Waals surface area contributed by atoms with Crippen molar-refractivity contribution in [3.8, 4) is 0 Å². The van der Waals surface area contributed by atoms with Crippen LogP contribution in [0.25, 0.3) is 10.2 Å². The minimum atomic E-state index is -0.464. The minimum absolute atomic E-state index is 0.0252. The van der Waals surface area contributed by atoms with Crippen molar-refractivity contribution in [3.05, 3.63) is 59.6 Å². The second kappa shape index (κ2) is 8.39. The summed E-state index contributed by atoms with van der Waals surface area (Å²) in [7, 11) is 0. The fourth-order valence-electron chi connectivity index (χ4n) is 3.42. The third kappa shape index (κ3) is 4.48. The lowest BCUT2D eigenvalue weighted by atomic mass is 9.93. The summed E-state index contributed by atoms with van der Waals surface area (Å²) in [6.07, 6.45) is 2.51. The summed E-state index contributed by atoms with van der Waals surface area (Å²) in [5, 5.41) is 6.24. The molecule has 6 nitrogen and oxygen atoms in total. The number of anilines is 1. The molecule has 4 rings (SSSR count). The zero-order chi connectivity index (χ0) is 19.3. The number of aromatic nitrogens is 1. The fraction of sp³-hybridized carbons (Fsp3) is 0.286. The van der Waals surface area contributed by atoms with Gasteiger partial charge in [0, 0.05) is 18.2 Å². The van der Waals surface area contributed by atoms with E-state index in [1.54, 1.807) is 0 Å². The zero-order valence-corrected chi connectivity index (χ0v) is 16.1. The molecule has 0 bridgehead atoms. The number of para-hydroxylation sites is 2. The van der Waals surface area contributed by atoms with Crippen LogP contribution in [0.2, 0.25) is 0 Å². The highest BCUT2D eigenvalue weighted by Crippen LogP contribution is 2.24. The van der Waals surface area contributed by atoms with Crippen molar-refractivity contribution in [1.82, 2.24) is 10.3 Å². The van der Waals surface area contributed by atoms with E-state index in [4.69, 9.17) is 4.74 Å². The average molecular weight is 395 g/mol. The molecule has 1 aliphatic rings. The monoisotopic (exact) mass is 395 g/mol. The van der Waals surface area contributed by atoms with Crippen molar-refractivity contribution in [3.63, 3.8) is 0 Å². The molecule has 0 saturated heterocycles. The highest BCUT2D eigenvalue weighted by molar-refractivity contribution is 7.20. The Morgan fingerprint density at radius 3 is 2.64 bits per heavy atom. The standard InChI is InChI=1S/C21H21N3O3S/c25-19(20-24-17-11-4-5-12-18(17)28-20)22-15-9-6-10-16(13-15)27-21(26)23-14-7-2-1-3-8-14/h1-5,7-8,11-12,15-16H,6,9-10,13H2,(H,22,25)(H,23,26). The lowest BCUT2D eigenvalue weighted by Crippen LogP contribution is -2.41. The molecule has 2 atom stereocenters. The number of fused-ring (bicyclic) bond motifs is 1. The van der Waals surface area contributed by atoms with Gasteiger partial charge in [0.15, 0.2) is 5.01 Å². The summed E-state index contributed by atoms with van der Waals surface area (Å²) in [4.78, 5) is 29.1. The van der Waals surface area contributed by atoms with Crippen LogP contribution in [0, 0.1) is 0 Å². The third-order valence-corrected chi connectivity index (χ3v) is 5.78. The second-order valence-corrected chi connectivity index (χ2v) is 7.87. The predicted octanol–water partition coefficient (Wildman–Crippen LogP) is 4.59. The maximum absolute atomic E-state index is 12.6. The van der Waals surface area contributed by atoms with Crippen molar-refractivity contribution in [2.45, 2.75) is 37.8 Å². The molecule has 28 heavy (non-hydrogen) atoms. The largest absolute Gasteiger partial charge is 0.446 e. The van der Waals surface area contributed by atoms with E-state index in [0.717, 1.165) is 29.5 Å². The number of rotatable bonds is 4. The van der Waals surface area contributed by atoms with E-state index < -0.39 is 6.09 Å². The van der Waals surface area contributed by atoms with Gasteiger partial charge >= 0.3 is 6.09 Å². The Kier molecular flexibility index (Phi) is 5.53. The lowest BCUT2D eigenvalue weighted by molar-refractivity contribution is 0.0712. The number of hydrogen-bond acceptors (Lipinski definition) is 5. The first-order chi connectivity index (χ1) is 13.7. The summed E-state index contributed by atoms with van der Waals surface area (Å²) >= 11 is 1.39. The van der Waals surface area contributed by atoms with Crippen LogP contribution in [0.15, 0.2) is 54.6 Å². The number of benzene rings is 2. The van der Waals surface area contributed by atoms with Gasteiger partial charge in [0.05, 0.1) is 10.2 Å². The molecule has 2 amide bonds. The minimum Gasteiger partial charge on any atom is -0.446 e. The number of nitrogens with one attached hydrogen (secondary N) is 2. The van der Waals surface area contributed by atoms with Gasteiger partial charge in [-0.3, -0.25) is 10.1 Å². The van der Waals surface area contributed by atoms with E-state index in [9.17, 15) is 9.59 Å². The van der Waals surface area contributed by atoms with E-state index >= 15 is 0 Å². The van der Waals surface area contributed by atoms with Crippen LogP contribution in [-0.4, -0.2) is 29.1 Å².